The molecule has 2 fully saturated rings. The number of fused-ring (bicyclic) bond motifs is 2. The van der Waals surface area contributed by atoms with E-state index < -0.39 is 0 Å². The molecular weight excluding hydrogens is 282 g/mol. The molecule has 1 unspecified atom stereocenters. The maximum absolute atomic E-state index is 6.18. The molecule has 3 rings (SSSR count). The van der Waals surface area contributed by atoms with Crippen molar-refractivity contribution < 1.29 is 4.74 Å². The van der Waals surface area contributed by atoms with Crippen LogP contribution in [0, 0.1) is 5.92 Å². The second kappa shape index (κ2) is 7.45. The van der Waals surface area contributed by atoms with E-state index in [1.807, 2.05) is 0 Å². The van der Waals surface area contributed by atoms with E-state index in [-0.39, 0.29) is 0 Å². The molecule has 1 aromatic rings. The lowest BCUT2D eigenvalue weighted by atomic mass is 10.0. The molecule has 2 bridgehead atoms. The lowest BCUT2D eigenvalue weighted by Gasteiger charge is -2.23. The predicted molar refractivity (Wildman–Crippen MR) is 85.9 cm³/mol. The molecule has 0 aromatic carbocycles. The van der Waals surface area contributed by atoms with Gasteiger partial charge < -0.3 is 4.74 Å². The quantitative estimate of drug-likeness (QED) is 0.544. The van der Waals surface area contributed by atoms with Gasteiger partial charge in [0.1, 0.15) is 6.10 Å². The van der Waals surface area contributed by atoms with Crippen LogP contribution < -0.4 is 4.74 Å². The summed E-state index contributed by atoms with van der Waals surface area (Å²) < 4.78 is 6.18. The van der Waals surface area contributed by atoms with Crippen molar-refractivity contribution in [3.8, 4) is 5.88 Å². The van der Waals surface area contributed by atoms with Crippen molar-refractivity contribution in [3.05, 3.63) is 12.4 Å². The van der Waals surface area contributed by atoms with E-state index in [9.17, 15) is 0 Å². The fourth-order valence-corrected chi connectivity index (χ4v) is 4.10. The maximum atomic E-state index is 6.18. The average molecular weight is 307 g/mol. The number of unbranched alkanes of at least 4 members (excludes halogenated alkanes) is 3. The molecule has 0 N–H and O–H groups in total. The van der Waals surface area contributed by atoms with Crippen molar-refractivity contribution in [2.45, 2.75) is 50.2 Å². The first-order chi connectivity index (χ1) is 10.4. The molecule has 0 spiro atoms. The van der Waals surface area contributed by atoms with Gasteiger partial charge >= 0.3 is 0 Å². The van der Waals surface area contributed by atoms with E-state index in [4.69, 9.17) is 4.74 Å². The average Bonchev–Trinajstić information content (AvgIpc) is 3.11. The van der Waals surface area contributed by atoms with Gasteiger partial charge in [-0.05, 0) is 25.1 Å². The first kappa shape index (κ1) is 15.1. The van der Waals surface area contributed by atoms with Gasteiger partial charge in [-0.25, -0.2) is 9.97 Å². The van der Waals surface area contributed by atoms with Crippen LogP contribution >= 0.6 is 11.8 Å². The van der Waals surface area contributed by atoms with Crippen molar-refractivity contribution in [2.24, 2.45) is 5.92 Å². The highest BCUT2D eigenvalue weighted by molar-refractivity contribution is 7.99. The summed E-state index contributed by atoms with van der Waals surface area (Å²) in [5, 5.41) is 0.965. The maximum Gasteiger partial charge on any atom is 0.247 e. The number of ether oxygens (including phenoxy) is 1. The molecule has 3 heterocycles. The summed E-state index contributed by atoms with van der Waals surface area (Å²) in [6.45, 7) is 5.74. The van der Waals surface area contributed by atoms with Crippen LogP contribution in [0.1, 0.15) is 39.0 Å². The fraction of sp³-hybridized carbons (Fsp3) is 0.750. The zero-order valence-corrected chi connectivity index (χ0v) is 13.6. The van der Waals surface area contributed by atoms with Crippen molar-refractivity contribution in [1.82, 2.24) is 14.9 Å². The molecule has 0 radical (unpaired) electrons. The zero-order valence-electron chi connectivity index (χ0n) is 12.8. The molecule has 4 nitrogen and oxygen atoms in total. The predicted octanol–water partition coefficient (Wildman–Crippen LogP) is 3.23. The van der Waals surface area contributed by atoms with Gasteiger partial charge in [-0.2, -0.15) is 0 Å². The summed E-state index contributed by atoms with van der Waals surface area (Å²) in [6.07, 6.45) is 10.2. The third-order valence-electron chi connectivity index (χ3n) is 4.41. The Morgan fingerprint density at radius 1 is 1.24 bits per heavy atom. The van der Waals surface area contributed by atoms with Gasteiger partial charge in [-0.1, -0.05) is 26.2 Å². The molecule has 2 saturated heterocycles. The van der Waals surface area contributed by atoms with Crippen molar-refractivity contribution in [3.63, 3.8) is 0 Å². The minimum Gasteiger partial charge on any atom is -0.471 e. The summed E-state index contributed by atoms with van der Waals surface area (Å²) >= 11 is 1.79. The second-order valence-corrected chi connectivity index (χ2v) is 7.12. The minimum atomic E-state index is 0.315. The third-order valence-corrected chi connectivity index (χ3v) is 5.45. The molecule has 21 heavy (non-hydrogen) atoms. The van der Waals surface area contributed by atoms with Gasteiger partial charge in [0.05, 0.1) is 0 Å². The lowest BCUT2D eigenvalue weighted by molar-refractivity contribution is 0.131. The van der Waals surface area contributed by atoms with E-state index >= 15 is 0 Å². The second-order valence-electron chi connectivity index (χ2n) is 6.04. The van der Waals surface area contributed by atoms with Gasteiger partial charge in [0.25, 0.3) is 0 Å². The number of aromatic nitrogens is 2. The van der Waals surface area contributed by atoms with Crippen LogP contribution in [0.15, 0.2) is 17.4 Å². The Morgan fingerprint density at radius 3 is 2.90 bits per heavy atom. The molecule has 116 valence electrons. The number of rotatable bonds is 8. The van der Waals surface area contributed by atoms with Crippen molar-refractivity contribution >= 4 is 11.8 Å². The van der Waals surface area contributed by atoms with Gasteiger partial charge in [0.2, 0.25) is 5.88 Å². The topological polar surface area (TPSA) is 38.3 Å². The third kappa shape index (κ3) is 3.89. The van der Waals surface area contributed by atoms with Crippen LogP contribution in [0.2, 0.25) is 0 Å². The largest absolute Gasteiger partial charge is 0.471 e. The highest BCUT2D eigenvalue weighted by Gasteiger charge is 2.39. The molecule has 0 aliphatic carbocycles. The molecule has 2 aliphatic rings. The van der Waals surface area contributed by atoms with Gasteiger partial charge in [-0.15, -0.1) is 11.8 Å². The van der Waals surface area contributed by atoms with E-state index in [0.29, 0.717) is 12.0 Å². The number of thioether (sulfide) groups is 1. The van der Waals surface area contributed by atoms with E-state index in [1.54, 1.807) is 24.2 Å². The minimum absolute atomic E-state index is 0.315. The van der Waals surface area contributed by atoms with Crippen LogP contribution in [-0.4, -0.2) is 46.4 Å². The van der Waals surface area contributed by atoms with Crippen molar-refractivity contribution in [1.29, 1.82) is 0 Å². The zero-order chi connectivity index (χ0) is 14.5. The highest BCUT2D eigenvalue weighted by atomic mass is 32.2. The SMILES string of the molecule is CCCCCCSc1nccnc1O[C@H]1CN2CC[C@H]1C2. The van der Waals surface area contributed by atoms with Crippen LogP contribution in [-0.2, 0) is 0 Å². The number of nitrogens with zero attached hydrogens (tertiary/aromatic N) is 3. The van der Waals surface area contributed by atoms with E-state index in [2.05, 4.69) is 21.8 Å². The Bertz CT molecular complexity index is 457. The molecule has 1 aromatic heterocycles. The van der Waals surface area contributed by atoms with E-state index in [1.165, 1.54) is 45.2 Å². The Labute approximate surface area is 131 Å². The summed E-state index contributed by atoms with van der Waals surface area (Å²) in [5.41, 5.74) is 0. The van der Waals surface area contributed by atoms with Crippen LogP contribution in [0.25, 0.3) is 0 Å². The van der Waals surface area contributed by atoms with Crippen LogP contribution in [0.5, 0.6) is 5.88 Å². The first-order valence-corrected chi connectivity index (χ1v) is 9.18. The first-order valence-electron chi connectivity index (χ1n) is 8.19. The molecule has 2 aliphatic heterocycles. The Hall–Kier alpha value is -0.810. The molecule has 3 atom stereocenters. The number of piperidine rings is 1. The van der Waals surface area contributed by atoms with Gasteiger partial charge in [0, 0.05) is 31.4 Å². The molecule has 0 saturated carbocycles. The lowest BCUT2D eigenvalue weighted by Crippen LogP contribution is -2.32. The summed E-state index contributed by atoms with van der Waals surface area (Å²) in [4.78, 5) is 11.4. The Kier molecular flexibility index (Phi) is 5.36. The summed E-state index contributed by atoms with van der Waals surface area (Å²) in [7, 11) is 0. The van der Waals surface area contributed by atoms with Crippen molar-refractivity contribution in [2.75, 3.05) is 25.4 Å². The Balaban J connectivity index is 1.52. The normalized spacial score (nSPS) is 27.2. The Morgan fingerprint density at radius 2 is 2.14 bits per heavy atom. The summed E-state index contributed by atoms with van der Waals surface area (Å²) in [5.74, 6) is 2.54. The standard InChI is InChI=1S/C16H25N3OS/c1-2-3-4-5-10-21-16-15(17-7-8-18-16)20-14-12-19-9-6-13(14)11-19/h7-8,13-14H,2-6,9-12H2,1H3/t13-,14-/m0/s1. The molecule has 5 heteroatoms. The molecule has 0 amide bonds. The van der Waals surface area contributed by atoms with Gasteiger partial charge in [0.15, 0.2) is 5.03 Å². The monoisotopic (exact) mass is 307 g/mol. The highest BCUT2D eigenvalue weighted by Crippen LogP contribution is 2.33. The van der Waals surface area contributed by atoms with E-state index in [0.717, 1.165) is 23.2 Å². The molecular formula is C16H25N3OS. The van der Waals surface area contributed by atoms with Gasteiger partial charge in [-0.3, -0.25) is 4.90 Å². The number of hydrogen-bond donors (Lipinski definition) is 0. The smallest absolute Gasteiger partial charge is 0.247 e. The van der Waals surface area contributed by atoms with Crippen LogP contribution in [0.4, 0.5) is 0 Å². The number of hydrogen-bond acceptors (Lipinski definition) is 5. The summed E-state index contributed by atoms with van der Waals surface area (Å²) in [6, 6.07) is 0. The van der Waals surface area contributed by atoms with Crippen LogP contribution in [0.3, 0.4) is 0 Å². The fourth-order valence-electron chi connectivity index (χ4n) is 3.20.